The zero-order chi connectivity index (χ0) is 22.1. The summed E-state index contributed by atoms with van der Waals surface area (Å²) in [5, 5.41) is 6.73. The van der Waals surface area contributed by atoms with E-state index >= 15 is 0 Å². The van der Waals surface area contributed by atoms with Gasteiger partial charge >= 0.3 is 0 Å². The van der Waals surface area contributed by atoms with Gasteiger partial charge in [-0.25, -0.2) is 0 Å². The van der Waals surface area contributed by atoms with E-state index < -0.39 is 0 Å². The quantitative estimate of drug-likeness (QED) is 0.225. The predicted octanol–water partition coefficient (Wildman–Crippen LogP) is 3.69. The number of anilines is 1. The average Bonchev–Trinajstić information content (AvgIpc) is 2.82. The Balaban J connectivity index is 0.00000363. The summed E-state index contributed by atoms with van der Waals surface area (Å²) in [5.41, 5.74) is 2.29. The van der Waals surface area contributed by atoms with E-state index in [1.54, 1.807) is 21.3 Å². The highest BCUT2D eigenvalue weighted by Crippen LogP contribution is 2.29. The second-order valence-electron chi connectivity index (χ2n) is 7.77. The summed E-state index contributed by atoms with van der Waals surface area (Å²) in [6.07, 6.45) is 1.04. The summed E-state index contributed by atoms with van der Waals surface area (Å²) < 4.78 is 10.7. The van der Waals surface area contributed by atoms with E-state index in [0.29, 0.717) is 17.5 Å². The van der Waals surface area contributed by atoms with E-state index in [1.807, 2.05) is 18.2 Å². The molecule has 176 valence electrons. The van der Waals surface area contributed by atoms with Crippen molar-refractivity contribution in [2.75, 3.05) is 66.4 Å². The van der Waals surface area contributed by atoms with Crippen molar-refractivity contribution in [3.05, 3.63) is 54.1 Å². The van der Waals surface area contributed by atoms with Crippen LogP contribution in [0, 0.1) is 0 Å². The van der Waals surface area contributed by atoms with Crippen molar-refractivity contribution in [1.29, 1.82) is 0 Å². The lowest BCUT2D eigenvalue weighted by Gasteiger charge is -2.40. The maximum atomic E-state index is 5.38. The molecule has 0 radical (unpaired) electrons. The Bertz CT molecular complexity index is 850. The van der Waals surface area contributed by atoms with Crippen LogP contribution in [0.4, 0.5) is 5.69 Å². The van der Waals surface area contributed by atoms with Crippen LogP contribution in [0.5, 0.6) is 11.5 Å². The van der Waals surface area contributed by atoms with Crippen LogP contribution >= 0.6 is 24.0 Å². The molecule has 0 saturated carbocycles. The number of piperazine rings is 1. The van der Waals surface area contributed by atoms with Gasteiger partial charge in [0.15, 0.2) is 17.5 Å². The van der Waals surface area contributed by atoms with Crippen LogP contribution in [0.1, 0.15) is 18.0 Å². The molecule has 7 nitrogen and oxygen atoms in total. The molecular weight excluding hydrogens is 517 g/mol. The Labute approximate surface area is 209 Å². The number of methoxy groups -OCH3 is 2. The van der Waals surface area contributed by atoms with Crippen molar-refractivity contribution in [2.24, 2.45) is 4.99 Å². The van der Waals surface area contributed by atoms with E-state index in [0.717, 1.165) is 50.8 Å². The fourth-order valence-corrected chi connectivity index (χ4v) is 3.93. The molecule has 3 rings (SSSR count). The second-order valence-corrected chi connectivity index (χ2v) is 7.77. The Morgan fingerprint density at radius 1 is 1.06 bits per heavy atom. The number of guanidine groups is 1. The molecule has 1 aliphatic heterocycles. The first-order chi connectivity index (χ1) is 15.1. The molecule has 8 heteroatoms. The molecule has 2 aromatic rings. The lowest BCUT2D eigenvalue weighted by atomic mass is 10.0. The molecule has 1 saturated heterocycles. The third-order valence-corrected chi connectivity index (χ3v) is 5.66. The highest BCUT2D eigenvalue weighted by Gasteiger charge is 2.25. The van der Waals surface area contributed by atoms with Gasteiger partial charge in [-0.15, -0.1) is 24.0 Å². The van der Waals surface area contributed by atoms with Gasteiger partial charge in [-0.05, 0) is 31.2 Å². The number of rotatable bonds is 8. The van der Waals surface area contributed by atoms with Crippen LogP contribution in [0.2, 0.25) is 0 Å². The fourth-order valence-electron chi connectivity index (χ4n) is 3.93. The number of benzene rings is 2. The lowest BCUT2D eigenvalue weighted by molar-refractivity contribution is 0.0891. The molecule has 2 aromatic carbocycles. The van der Waals surface area contributed by atoms with Crippen molar-refractivity contribution >= 4 is 35.6 Å². The maximum Gasteiger partial charge on any atom is 0.195 e. The van der Waals surface area contributed by atoms with Gasteiger partial charge < -0.3 is 25.0 Å². The molecule has 1 aliphatic rings. The van der Waals surface area contributed by atoms with Crippen LogP contribution < -0.4 is 20.1 Å². The molecule has 0 aliphatic carbocycles. The van der Waals surface area contributed by atoms with Crippen molar-refractivity contribution in [3.63, 3.8) is 0 Å². The Morgan fingerprint density at radius 3 is 2.50 bits per heavy atom. The van der Waals surface area contributed by atoms with E-state index in [9.17, 15) is 0 Å². The van der Waals surface area contributed by atoms with Gasteiger partial charge in [-0.2, -0.15) is 0 Å². The molecule has 0 spiro atoms. The number of aliphatic imine (C=N–C) groups is 1. The molecule has 0 aromatic heterocycles. The average molecular weight is 553 g/mol. The standard InChI is InChI=1S/C24H35N5O2.HI/c1-25-24(27-20-11-12-22(30-3)23(17-20)31-4)26-13-8-14-29-16-15-28(2)18-21(29)19-9-6-5-7-10-19;/h5-7,9-12,17,21H,8,13-16,18H2,1-4H3,(H2,25,26,27);1H. The second kappa shape index (κ2) is 13.5. The van der Waals surface area contributed by atoms with E-state index in [2.05, 4.69) is 62.8 Å². The minimum absolute atomic E-state index is 0. The van der Waals surface area contributed by atoms with Crippen LogP contribution in [-0.2, 0) is 0 Å². The minimum atomic E-state index is 0. The third-order valence-electron chi connectivity index (χ3n) is 5.66. The SMILES string of the molecule is CN=C(NCCCN1CCN(C)CC1c1ccccc1)Nc1ccc(OC)c(OC)c1.I. The van der Waals surface area contributed by atoms with Crippen molar-refractivity contribution in [3.8, 4) is 11.5 Å². The number of hydrogen-bond donors (Lipinski definition) is 2. The Kier molecular flexibility index (Phi) is 11.1. The van der Waals surface area contributed by atoms with E-state index in [4.69, 9.17) is 9.47 Å². The number of nitrogens with one attached hydrogen (secondary N) is 2. The summed E-state index contributed by atoms with van der Waals surface area (Å²) in [5.74, 6) is 2.13. The van der Waals surface area contributed by atoms with Crippen LogP contribution in [0.3, 0.4) is 0 Å². The van der Waals surface area contributed by atoms with Crippen LogP contribution in [0.15, 0.2) is 53.5 Å². The molecule has 0 amide bonds. The van der Waals surface area contributed by atoms with E-state index in [1.165, 1.54) is 5.56 Å². The number of nitrogens with zero attached hydrogens (tertiary/aromatic N) is 3. The summed E-state index contributed by atoms with van der Waals surface area (Å²) in [4.78, 5) is 9.36. The molecule has 1 unspecified atom stereocenters. The fraction of sp³-hybridized carbons (Fsp3) is 0.458. The van der Waals surface area contributed by atoms with Gasteiger partial charge in [0.2, 0.25) is 0 Å². The first kappa shape index (κ1) is 26.2. The lowest BCUT2D eigenvalue weighted by Crippen LogP contribution is -2.47. The zero-order valence-corrected chi connectivity index (χ0v) is 21.8. The van der Waals surface area contributed by atoms with Gasteiger partial charge in [0, 0.05) is 57.6 Å². The molecule has 0 bridgehead atoms. The van der Waals surface area contributed by atoms with Gasteiger partial charge in [0.25, 0.3) is 0 Å². The Morgan fingerprint density at radius 2 is 1.81 bits per heavy atom. The summed E-state index contributed by atoms with van der Waals surface area (Å²) in [6.45, 7) is 5.17. The van der Waals surface area contributed by atoms with Gasteiger partial charge in [0.05, 0.1) is 14.2 Å². The third kappa shape index (κ3) is 7.25. The smallest absolute Gasteiger partial charge is 0.195 e. The first-order valence-electron chi connectivity index (χ1n) is 10.8. The van der Waals surface area contributed by atoms with Crippen molar-refractivity contribution < 1.29 is 9.47 Å². The molecule has 1 heterocycles. The van der Waals surface area contributed by atoms with Crippen molar-refractivity contribution in [2.45, 2.75) is 12.5 Å². The minimum Gasteiger partial charge on any atom is -0.493 e. The number of ether oxygens (including phenoxy) is 2. The van der Waals surface area contributed by atoms with Crippen LogP contribution in [-0.4, -0.2) is 76.8 Å². The first-order valence-corrected chi connectivity index (χ1v) is 10.8. The summed E-state index contributed by atoms with van der Waals surface area (Å²) >= 11 is 0. The number of halogens is 1. The topological polar surface area (TPSA) is 61.4 Å². The monoisotopic (exact) mass is 553 g/mol. The van der Waals surface area contributed by atoms with Gasteiger partial charge in [0.1, 0.15) is 0 Å². The maximum absolute atomic E-state index is 5.38. The van der Waals surface area contributed by atoms with Crippen LogP contribution in [0.25, 0.3) is 0 Å². The molecular formula is C24H36IN5O2. The van der Waals surface area contributed by atoms with Crippen molar-refractivity contribution in [1.82, 2.24) is 15.1 Å². The molecule has 2 N–H and O–H groups in total. The van der Waals surface area contributed by atoms with Gasteiger partial charge in [-0.3, -0.25) is 9.89 Å². The normalized spacial score (nSPS) is 17.4. The molecule has 1 fully saturated rings. The highest BCUT2D eigenvalue weighted by molar-refractivity contribution is 14.0. The van der Waals surface area contributed by atoms with Gasteiger partial charge in [-0.1, -0.05) is 30.3 Å². The number of likely N-dealkylation sites (N-methyl/N-ethyl adjacent to an activating group) is 1. The molecule has 32 heavy (non-hydrogen) atoms. The van der Waals surface area contributed by atoms with E-state index in [-0.39, 0.29) is 24.0 Å². The number of hydrogen-bond acceptors (Lipinski definition) is 5. The predicted molar refractivity (Wildman–Crippen MR) is 143 cm³/mol. The summed E-state index contributed by atoms with van der Waals surface area (Å²) in [6, 6.07) is 17.0. The molecule has 1 atom stereocenters. The summed E-state index contributed by atoms with van der Waals surface area (Å²) in [7, 11) is 7.25. The zero-order valence-electron chi connectivity index (χ0n) is 19.5. The Hall–Kier alpha value is -2.04. The highest BCUT2D eigenvalue weighted by atomic mass is 127. The largest absolute Gasteiger partial charge is 0.493 e.